The Bertz CT molecular complexity index is 606. The largest absolute Gasteiger partial charge is 0.366 e. The summed E-state index contributed by atoms with van der Waals surface area (Å²) < 4.78 is 0. The van der Waals surface area contributed by atoms with E-state index >= 15 is 0 Å². The summed E-state index contributed by atoms with van der Waals surface area (Å²) in [5, 5.41) is 12.6. The maximum absolute atomic E-state index is 9.38. The molecule has 0 fully saturated rings. The Morgan fingerprint density at radius 2 is 1.58 bits per heavy atom. The molecular weight excluding hydrogens is 232 g/mol. The maximum atomic E-state index is 9.38. The topological polar surface area (TPSA) is 35.8 Å². The van der Waals surface area contributed by atoms with Crippen molar-refractivity contribution in [2.24, 2.45) is 0 Å². The van der Waals surface area contributed by atoms with E-state index in [-0.39, 0.29) is 6.04 Å². The maximum Gasteiger partial charge on any atom is 0.140 e. The van der Waals surface area contributed by atoms with E-state index in [1.807, 2.05) is 43.3 Å². The first-order chi connectivity index (χ1) is 9.10. The van der Waals surface area contributed by atoms with Gasteiger partial charge in [0.05, 0.1) is 6.07 Å². The summed E-state index contributed by atoms with van der Waals surface area (Å²) in [6.45, 7) is 6.16. The van der Waals surface area contributed by atoms with Crippen molar-refractivity contribution in [3.8, 4) is 6.07 Å². The van der Waals surface area contributed by atoms with Crippen LogP contribution in [-0.4, -0.2) is 0 Å². The second kappa shape index (κ2) is 5.58. The zero-order valence-corrected chi connectivity index (χ0v) is 11.6. The molecule has 2 nitrogen and oxygen atoms in total. The molecule has 1 N–H and O–H groups in total. The number of benzene rings is 2. The molecule has 1 atom stereocenters. The van der Waals surface area contributed by atoms with Crippen LogP contribution in [0.15, 0.2) is 42.5 Å². The van der Waals surface area contributed by atoms with Crippen LogP contribution in [0.1, 0.15) is 28.3 Å². The molecule has 0 aliphatic carbocycles. The van der Waals surface area contributed by atoms with Gasteiger partial charge in [0.15, 0.2) is 0 Å². The van der Waals surface area contributed by atoms with Crippen molar-refractivity contribution < 1.29 is 0 Å². The van der Waals surface area contributed by atoms with Gasteiger partial charge in [0.2, 0.25) is 0 Å². The molecule has 0 amide bonds. The summed E-state index contributed by atoms with van der Waals surface area (Å²) in [5.41, 5.74) is 5.58. The van der Waals surface area contributed by atoms with Crippen molar-refractivity contribution in [3.63, 3.8) is 0 Å². The Balaban J connectivity index is 2.25. The van der Waals surface area contributed by atoms with E-state index < -0.39 is 0 Å². The molecule has 0 saturated carbocycles. The van der Waals surface area contributed by atoms with E-state index in [9.17, 15) is 5.26 Å². The smallest absolute Gasteiger partial charge is 0.140 e. The molecule has 19 heavy (non-hydrogen) atoms. The van der Waals surface area contributed by atoms with Crippen molar-refractivity contribution in [1.82, 2.24) is 0 Å². The van der Waals surface area contributed by atoms with Gasteiger partial charge in [0.25, 0.3) is 0 Å². The lowest BCUT2D eigenvalue weighted by atomic mass is 10.00. The Morgan fingerprint density at radius 3 is 2.16 bits per heavy atom. The summed E-state index contributed by atoms with van der Waals surface area (Å²) in [6.07, 6.45) is 0. The molecule has 0 bridgehead atoms. The molecule has 1 unspecified atom stereocenters. The van der Waals surface area contributed by atoms with Crippen LogP contribution < -0.4 is 5.32 Å². The van der Waals surface area contributed by atoms with Crippen molar-refractivity contribution >= 4 is 5.69 Å². The van der Waals surface area contributed by atoms with Crippen molar-refractivity contribution in [2.75, 3.05) is 5.32 Å². The normalized spacial score (nSPS) is 11.7. The third kappa shape index (κ3) is 3.14. The van der Waals surface area contributed by atoms with Gasteiger partial charge < -0.3 is 5.32 Å². The van der Waals surface area contributed by atoms with Gasteiger partial charge in [0, 0.05) is 5.69 Å². The van der Waals surface area contributed by atoms with E-state index in [0.29, 0.717) is 0 Å². The molecule has 0 spiro atoms. The highest BCUT2D eigenvalue weighted by Crippen LogP contribution is 2.23. The number of hydrogen-bond acceptors (Lipinski definition) is 2. The number of rotatable bonds is 3. The van der Waals surface area contributed by atoms with Crippen LogP contribution in [-0.2, 0) is 0 Å². The van der Waals surface area contributed by atoms with Crippen LogP contribution in [0, 0.1) is 32.1 Å². The van der Waals surface area contributed by atoms with Crippen LogP contribution in [0.5, 0.6) is 0 Å². The highest BCUT2D eigenvalue weighted by molar-refractivity contribution is 5.49. The van der Waals surface area contributed by atoms with Crippen LogP contribution in [0.25, 0.3) is 0 Å². The number of aryl methyl sites for hydroxylation is 3. The molecule has 0 aliphatic rings. The molecule has 0 aromatic heterocycles. The minimum atomic E-state index is -0.316. The average molecular weight is 250 g/mol. The lowest BCUT2D eigenvalue weighted by Crippen LogP contribution is -2.10. The Morgan fingerprint density at radius 1 is 0.947 bits per heavy atom. The Labute approximate surface area is 114 Å². The average Bonchev–Trinajstić information content (AvgIpc) is 2.39. The highest BCUT2D eigenvalue weighted by atomic mass is 14.9. The molecule has 0 heterocycles. The predicted molar refractivity (Wildman–Crippen MR) is 79.1 cm³/mol. The van der Waals surface area contributed by atoms with Crippen molar-refractivity contribution in [2.45, 2.75) is 26.8 Å². The fourth-order valence-corrected chi connectivity index (χ4v) is 2.15. The van der Waals surface area contributed by atoms with Gasteiger partial charge in [0.1, 0.15) is 6.04 Å². The summed E-state index contributed by atoms with van der Waals surface area (Å²) in [4.78, 5) is 0. The number of nitriles is 1. The van der Waals surface area contributed by atoms with Gasteiger partial charge in [-0.2, -0.15) is 5.26 Å². The molecule has 96 valence electrons. The number of anilines is 1. The lowest BCUT2D eigenvalue weighted by Gasteiger charge is -2.16. The third-order valence-electron chi connectivity index (χ3n) is 3.23. The zero-order chi connectivity index (χ0) is 13.8. The number of nitrogens with one attached hydrogen (secondary N) is 1. The molecule has 2 aromatic carbocycles. The number of nitrogens with zero attached hydrogens (tertiary/aromatic N) is 1. The number of hydrogen-bond donors (Lipinski definition) is 1. The summed E-state index contributed by atoms with van der Waals surface area (Å²) in [5.74, 6) is 0. The van der Waals surface area contributed by atoms with Crippen LogP contribution >= 0.6 is 0 Å². The van der Waals surface area contributed by atoms with E-state index in [0.717, 1.165) is 16.8 Å². The first-order valence-electron chi connectivity index (χ1n) is 6.40. The third-order valence-corrected chi connectivity index (χ3v) is 3.23. The van der Waals surface area contributed by atoms with Gasteiger partial charge in [-0.3, -0.25) is 0 Å². The minimum Gasteiger partial charge on any atom is -0.366 e. The van der Waals surface area contributed by atoms with E-state index in [1.54, 1.807) is 0 Å². The van der Waals surface area contributed by atoms with Crippen molar-refractivity contribution in [3.05, 3.63) is 64.7 Å². The Kier molecular flexibility index (Phi) is 3.87. The molecule has 0 radical (unpaired) electrons. The Hall–Kier alpha value is -2.27. The van der Waals surface area contributed by atoms with Gasteiger partial charge in [-0.05, 0) is 44.0 Å². The van der Waals surface area contributed by atoms with Gasteiger partial charge in [-0.1, -0.05) is 41.5 Å². The quantitative estimate of drug-likeness (QED) is 0.882. The molecule has 2 rings (SSSR count). The molecule has 2 aromatic rings. The molecular formula is C17H18N2. The minimum absolute atomic E-state index is 0.316. The van der Waals surface area contributed by atoms with E-state index in [1.165, 1.54) is 11.1 Å². The summed E-state index contributed by atoms with van der Waals surface area (Å²) in [6, 6.07) is 16.3. The van der Waals surface area contributed by atoms with Gasteiger partial charge >= 0.3 is 0 Å². The summed E-state index contributed by atoms with van der Waals surface area (Å²) in [7, 11) is 0. The van der Waals surface area contributed by atoms with Crippen molar-refractivity contribution in [1.29, 1.82) is 5.26 Å². The van der Waals surface area contributed by atoms with E-state index in [2.05, 4.69) is 31.3 Å². The monoisotopic (exact) mass is 250 g/mol. The van der Waals surface area contributed by atoms with Crippen LogP contribution in [0.4, 0.5) is 5.69 Å². The highest BCUT2D eigenvalue weighted by Gasteiger charge is 2.12. The molecule has 0 aliphatic heterocycles. The predicted octanol–water partition coefficient (Wildman–Crippen LogP) is 4.29. The molecule has 2 heteroatoms. The van der Waals surface area contributed by atoms with Gasteiger partial charge in [-0.25, -0.2) is 0 Å². The van der Waals surface area contributed by atoms with E-state index in [4.69, 9.17) is 0 Å². The first-order valence-corrected chi connectivity index (χ1v) is 6.40. The second-order valence-corrected chi connectivity index (χ2v) is 4.93. The zero-order valence-electron chi connectivity index (χ0n) is 11.6. The fourth-order valence-electron chi connectivity index (χ4n) is 2.15. The first kappa shape index (κ1) is 13.2. The summed E-state index contributed by atoms with van der Waals surface area (Å²) >= 11 is 0. The van der Waals surface area contributed by atoms with Crippen LogP contribution in [0.2, 0.25) is 0 Å². The van der Waals surface area contributed by atoms with Crippen LogP contribution in [0.3, 0.4) is 0 Å². The lowest BCUT2D eigenvalue weighted by molar-refractivity contribution is 0.979. The molecule has 0 saturated heterocycles. The fraction of sp³-hybridized carbons (Fsp3) is 0.235. The second-order valence-electron chi connectivity index (χ2n) is 4.93. The standard InChI is InChI=1S/C17H18N2/c1-12-4-7-15(8-5-12)19-17(11-18)16-9-6-13(2)10-14(16)3/h4-10,17,19H,1-3H3. The van der Waals surface area contributed by atoms with Gasteiger partial charge in [-0.15, -0.1) is 0 Å². The SMILES string of the molecule is Cc1ccc(NC(C#N)c2ccc(C)cc2C)cc1.